The van der Waals surface area contributed by atoms with Crippen LogP contribution < -0.4 is 15.4 Å². The monoisotopic (exact) mass is 364 g/mol. The van der Waals surface area contributed by atoms with Crippen LogP contribution in [0.3, 0.4) is 0 Å². The first-order valence-corrected chi connectivity index (χ1v) is 7.78. The molecule has 0 aromatic heterocycles. The van der Waals surface area contributed by atoms with Crippen LogP contribution in [0.15, 0.2) is 36.4 Å². The molecular weight excluding hydrogens is 349 g/mol. The van der Waals surface area contributed by atoms with Gasteiger partial charge >= 0.3 is 0 Å². The summed E-state index contributed by atoms with van der Waals surface area (Å²) in [4.78, 5) is 24.9. The molecule has 8 heteroatoms. The maximum atomic E-state index is 13.7. The third-order valence-corrected chi connectivity index (χ3v) is 4.25. The first kappa shape index (κ1) is 17.8. The molecule has 1 fully saturated rings. The molecule has 0 bridgehead atoms. The zero-order valence-corrected chi connectivity index (χ0v) is 13.7. The van der Waals surface area contributed by atoms with Crippen LogP contribution in [0.5, 0.6) is 5.75 Å². The summed E-state index contributed by atoms with van der Waals surface area (Å²) in [5.41, 5.74) is -1.41. The van der Waals surface area contributed by atoms with E-state index in [9.17, 15) is 22.8 Å². The molecule has 0 radical (unpaired) electrons. The van der Waals surface area contributed by atoms with Gasteiger partial charge in [0.25, 0.3) is 0 Å². The minimum absolute atomic E-state index is 0.270. The van der Waals surface area contributed by atoms with Crippen LogP contribution in [0.25, 0.3) is 0 Å². The zero-order chi connectivity index (χ0) is 18.9. The van der Waals surface area contributed by atoms with Crippen molar-refractivity contribution in [3.8, 4) is 5.75 Å². The largest absolute Gasteiger partial charge is 0.497 e. The van der Waals surface area contributed by atoms with Gasteiger partial charge in [0, 0.05) is 5.69 Å². The van der Waals surface area contributed by atoms with E-state index in [1.165, 1.54) is 7.11 Å². The first-order chi connectivity index (χ1) is 12.4. The first-order valence-electron chi connectivity index (χ1n) is 7.78. The van der Waals surface area contributed by atoms with Crippen LogP contribution in [0.4, 0.5) is 24.5 Å². The molecule has 1 aliphatic carbocycles. The van der Waals surface area contributed by atoms with Crippen molar-refractivity contribution in [2.45, 2.75) is 12.8 Å². The van der Waals surface area contributed by atoms with Crippen molar-refractivity contribution >= 4 is 23.2 Å². The molecule has 2 N–H and O–H groups in total. The summed E-state index contributed by atoms with van der Waals surface area (Å²) in [5, 5.41) is 4.78. The van der Waals surface area contributed by atoms with Crippen LogP contribution in [0.1, 0.15) is 12.8 Å². The molecular formula is C18H15F3N2O3. The van der Waals surface area contributed by atoms with E-state index in [0.717, 1.165) is 6.07 Å². The summed E-state index contributed by atoms with van der Waals surface area (Å²) < 4.78 is 45.0. The fourth-order valence-corrected chi connectivity index (χ4v) is 2.47. The fraction of sp³-hybridized carbons (Fsp3) is 0.222. The van der Waals surface area contributed by atoms with E-state index in [0.29, 0.717) is 17.5 Å². The normalized spacial score (nSPS) is 14.5. The lowest BCUT2D eigenvalue weighted by molar-refractivity contribution is -0.131. The van der Waals surface area contributed by atoms with Gasteiger partial charge in [-0.3, -0.25) is 9.59 Å². The number of hydrogen-bond acceptors (Lipinski definition) is 3. The second-order valence-electron chi connectivity index (χ2n) is 5.94. The number of carbonyl (C=O) groups excluding carboxylic acids is 2. The predicted molar refractivity (Wildman–Crippen MR) is 88.2 cm³/mol. The van der Waals surface area contributed by atoms with Gasteiger partial charge in [0.2, 0.25) is 11.8 Å². The number of hydrogen-bond donors (Lipinski definition) is 2. The Hall–Kier alpha value is -3.03. The van der Waals surface area contributed by atoms with Gasteiger partial charge in [-0.15, -0.1) is 0 Å². The third-order valence-electron chi connectivity index (χ3n) is 4.25. The smallest absolute Gasteiger partial charge is 0.240 e. The van der Waals surface area contributed by atoms with Gasteiger partial charge in [-0.1, -0.05) is 0 Å². The number of rotatable bonds is 5. The number of halogens is 3. The molecule has 0 saturated heterocycles. The predicted octanol–water partition coefficient (Wildman–Crippen LogP) is 3.47. The minimum Gasteiger partial charge on any atom is -0.497 e. The quantitative estimate of drug-likeness (QED) is 0.631. The van der Waals surface area contributed by atoms with Crippen molar-refractivity contribution < 1.29 is 27.5 Å². The third kappa shape index (κ3) is 3.22. The highest BCUT2D eigenvalue weighted by atomic mass is 19.2. The van der Waals surface area contributed by atoms with Gasteiger partial charge in [0.05, 0.1) is 12.8 Å². The maximum Gasteiger partial charge on any atom is 0.240 e. The second kappa shape index (κ2) is 6.70. The molecule has 0 aliphatic heterocycles. The van der Waals surface area contributed by atoms with Crippen molar-refractivity contribution in [1.82, 2.24) is 0 Å². The Balaban J connectivity index is 1.72. The average Bonchev–Trinajstić information content (AvgIpc) is 3.45. The Kier molecular flexibility index (Phi) is 4.58. The molecule has 0 heterocycles. The lowest BCUT2D eigenvalue weighted by Gasteiger charge is -2.16. The van der Waals surface area contributed by atoms with E-state index >= 15 is 0 Å². The topological polar surface area (TPSA) is 67.4 Å². The van der Waals surface area contributed by atoms with Crippen LogP contribution in [0.2, 0.25) is 0 Å². The number of amides is 2. The molecule has 0 spiro atoms. The van der Waals surface area contributed by atoms with Crippen LogP contribution in [-0.4, -0.2) is 18.9 Å². The molecule has 5 nitrogen and oxygen atoms in total. The number of benzene rings is 2. The Bertz CT molecular complexity index is 865. The lowest BCUT2D eigenvalue weighted by Crippen LogP contribution is -2.36. The maximum absolute atomic E-state index is 13.7. The Morgan fingerprint density at radius 3 is 2.12 bits per heavy atom. The molecule has 2 aromatic carbocycles. The van der Waals surface area contributed by atoms with Crippen molar-refractivity contribution in [3.05, 3.63) is 53.8 Å². The summed E-state index contributed by atoms with van der Waals surface area (Å²) in [6.07, 6.45) is 0.540. The highest BCUT2D eigenvalue weighted by Crippen LogP contribution is 2.47. The van der Waals surface area contributed by atoms with E-state index < -0.39 is 40.4 Å². The van der Waals surface area contributed by atoms with Crippen molar-refractivity contribution in [2.24, 2.45) is 5.41 Å². The second-order valence-corrected chi connectivity index (χ2v) is 5.94. The Morgan fingerprint density at radius 1 is 0.923 bits per heavy atom. The summed E-state index contributed by atoms with van der Waals surface area (Å²) in [6, 6.07) is 8.12. The fourth-order valence-electron chi connectivity index (χ4n) is 2.47. The molecule has 26 heavy (non-hydrogen) atoms. The van der Waals surface area contributed by atoms with E-state index in [4.69, 9.17) is 4.74 Å². The van der Waals surface area contributed by atoms with Gasteiger partial charge in [-0.2, -0.15) is 0 Å². The lowest BCUT2D eigenvalue weighted by atomic mass is 10.0. The van der Waals surface area contributed by atoms with Gasteiger partial charge in [-0.25, -0.2) is 13.2 Å². The summed E-state index contributed by atoms with van der Waals surface area (Å²) in [6.45, 7) is 0. The Morgan fingerprint density at radius 2 is 1.54 bits per heavy atom. The molecule has 3 rings (SSSR count). The number of ether oxygens (including phenoxy) is 1. The molecule has 2 aromatic rings. The van der Waals surface area contributed by atoms with E-state index in [2.05, 4.69) is 10.6 Å². The highest BCUT2D eigenvalue weighted by Gasteiger charge is 2.56. The molecule has 1 aliphatic rings. The standard InChI is InChI=1S/C18H15F3N2O3/c1-26-11-4-2-10(3-5-11)22-16(24)18(8-9-18)17(25)23-13-7-6-12(19)14(20)15(13)21/h2-7H,8-9H2,1H3,(H,22,24)(H,23,25). The molecule has 136 valence electrons. The number of nitrogens with one attached hydrogen (secondary N) is 2. The van der Waals surface area contributed by atoms with E-state index in [1.54, 1.807) is 24.3 Å². The van der Waals surface area contributed by atoms with Gasteiger partial charge < -0.3 is 15.4 Å². The summed E-state index contributed by atoms with van der Waals surface area (Å²) >= 11 is 0. The van der Waals surface area contributed by atoms with E-state index in [1.807, 2.05) is 0 Å². The molecule has 0 unspecified atom stereocenters. The van der Waals surface area contributed by atoms with Gasteiger partial charge in [0.1, 0.15) is 11.2 Å². The SMILES string of the molecule is COc1ccc(NC(=O)C2(C(=O)Nc3ccc(F)c(F)c3F)CC2)cc1. The number of carbonyl (C=O) groups is 2. The van der Waals surface area contributed by atoms with E-state index in [-0.39, 0.29) is 12.8 Å². The van der Waals surface area contributed by atoms with Crippen molar-refractivity contribution in [3.63, 3.8) is 0 Å². The number of anilines is 2. The molecule has 1 saturated carbocycles. The molecule has 2 amide bonds. The van der Waals surface area contributed by atoms with Crippen LogP contribution in [-0.2, 0) is 9.59 Å². The van der Waals surface area contributed by atoms with Crippen molar-refractivity contribution in [2.75, 3.05) is 17.7 Å². The zero-order valence-electron chi connectivity index (χ0n) is 13.7. The summed E-state index contributed by atoms with van der Waals surface area (Å²) in [7, 11) is 1.51. The average molecular weight is 364 g/mol. The number of methoxy groups -OCH3 is 1. The van der Waals surface area contributed by atoms with Gasteiger partial charge in [0.15, 0.2) is 17.5 Å². The van der Waals surface area contributed by atoms with Crippen molar-refractivity contribution in [1.29, 1.82) is 0 Å². The van der Waals surface area contributed by atoms with Crippen LogP contribution in [0, 0.1) is 22.9 Å². The minimum atomic E-state index is -1.68. The molecule has 0 atom stereocenters. The van der Waals surface area contributed by atoms with Gasteiger partial charge in [-0.05, 0) is 49.2 Å². The Labute approximate surface area is 147 Å². The summed E-state index contributed by atoms with van der Waals surface area (Å²) in [5.74, 6) is -5.27. The highest BCUT2D eigenvalue weighted by molar-refractivity contribution is 6.16. The van der Waals surface area contributed by atoms with Crippen LogP contribution >= 0.6 is 0 Å².